The van der Waals surface area contributed by atoms with Gasteiger partial charge in [0.15, 0.2) is 5.69 Å². The molecule has 1 aliphatic rings. The van der Waals surface area contributed by atoms with Crippen molar-refractivity contribution < 1.29 is 14.3 Å². The second kappa shape index (κ2) is 6.73. The van der Waals surface area contributed by atoms with Crippen LogP contribution in [0.25, 0.3) is 0 Å². The predicted octanol–water partition coefficient (Wildman–Crippen LogP) is 1.89. The van der Waals surface area contributed by atoms with Gasteiger partial charge in [-0.15, -0.1) is 0 Å². The first kappa shape index (κ1) is 15.4. The third-order valence-electron chi connectivity index (χ3n) is 4.19. The minimum absolute atomic E-state index is 0.119. The monoisotopic (exact) mass is 315 g/mol. The number of nitrogens with one attached hydrogen (secondary N) is 2. The summed E-state index contributed by atoms with van der Waals surface area (Å²) in [5.41, 5.74) is 3.71. The molecule has 0 spiro atoms. The maximum Gasteiger partial charge on any atom is 0.272 e. The molecule has 0 radical (unpaired) electrons. The maximum absolute atomic E-state index is 12.3. The third kappa shape index (κ3) is 3.16. The number of aromatic nitrogens is 2. The van der Waals surface area contributed by atoms with Crippen molar-refractivity contribution in [2.24, 2.45) is 0 Å². The molecule has 0 saturated carbocycles. The molecule has 23 heavy (non-hydrogen) atoms. The number of ether oxygens (including phenoxy) is 2. The minimum atomic E-state index is -0.119. The number of rotatable bonds is 6. The van der Waals surface area contributed by atoms with E-state index in [-0.39, 0.29) is 5.91 Å². The van der Waals surface area contributed by atoms with E-state index >= 15 is 0 Å². The molecular formula is C17H21N3O3. The Kier molecular flexibility index (Phi) is 4.50. The normalized spacial score (nSPS) is 12.8. The van der Waals surface area contributed by atoms with E-state index in [4.69, 9.17) is 9.47 Å². The summed E-state index contributed by atoms with van der Waals surface area (Å²) in [6, 6.07) is 5.65. The molecule has 0 bridgehead atoms. The van der Waals surface area contributed by atoms with Crippen molar-refractivity contribution in [3.63, 3.8) is 0 Å². The zero-order valence-electron chi connectivity index (χ0n) is 13.4. The molecular weight excluding hydrogens is 294 g/mol. The topological polar surface area (TPSA) is 76.2 Å². The number of fused-ring (bicyclic) bond motifs is 1. The van der Waals surface area contributed by atoms with Gasteiger partial charge in [0.25, 0.3) is 5.91 Å². The number of methoxy groups -OCH3 is 2. The van der Waals surface area contributed by atoms with Gasteiger partial charge in [-0.05, 0) is 49.4 Å². The molecule has 3 rings (SSSR count). The molecule has 1 aromatic heterocycles. The van der Waals surface area contributed by atoms with Gasteiger partial charge in [0, 0.05) is 17.8 Å². The molecule has 1 heterocycles. The summed E-state index contributed by atoms with van der Waals surface area (Å²) < 4.78 is 10.6. The molecule has 6 nitrogen and oxygen atoms in total. The van der Waals surface area contributed by atoms with E-state index in [1.807, 2.05) is 18.2 Å². The largest absolute Gasteiger partial charge is 0.497 e. The van der Waals surface area contributed by atoms with Crippen LogP contribution in [0.1, 0.15) is 33.7 Å². The van der Waals surface area contributed by atoms with Crippen LogP contribution in [0.3, 0.4) is 0 Å². The highest BCUT2D eigenvalue weighted by molar-refractivity contribution is 5.94. The first-order chi connectivity index (χ1) is 11.2. The molecule has 0 unspecified atom stereocenters. The lowest BCUT2D eigenvalue weighted by molar-refractivity contribution is 0.0948. The Morgan fingerprint density at radius 2 is 2.17 bits per heavy atom. The van der Waals surface area contributed by atoms with Gasteiger partial charge in [0.1, 0.15) is 11.5 Å². The average molecular weight is 315 g/mol. The first-order valence-corrected chi connectivity index (χ1v) is 7.78. The van der Waals surface area contributed by atoms with Crippen molar-refractivity contribution in [1.29, 1.82) is 0 Å². The molecule has 0 fully saturated rings. The Hall–Kier alpha value is -2.50. The quantitative estimate of drug-likeness (QED) is 0.853. The SMILES string of the molecule is COc1ccc(OC)c(CCNC(=O)c2n[nH]c3c2CCC3)c1. The number of carbonyl (C=O) groups is 1. The fourth-order valence-electron chi connectivity index (χ4n) is 2.98. The second-order valence-electron chi connectivity index (χ2n) is 5.57. The number of nitrogens with zero attached hydrogens (tertiary/aromatic N) is 1. The molecule has 0 atom stereocenters. The van der Waals surface area contributed by atoms with Gasteiger partial charge in [-0.3, -0.25) is 9.89 Å². The number of H-pyrrole nitrogens is 1. The van der Waals surface area contributed by atoms with Gasteiger partial charge in [-0.2, -0.15) is 5.10 Å². The molecule has 0 aliphatic heterocycles. The Bertz CT molecular complexity index is 709. The smallest absolute Gasteiger partial charge is 0.272 e. The first-order valence-electron chi connectivity index (χ1n) is 7.78. The van der Waals surface area contributed by atoms with Crippen LogP contribution >= 0.6 is 0 Å². The van der Waals surface area contributed by atoms with Crippen molar-refractivity contribution in [2.45, 2.75) is 25.7 Å². The fraction of sp³-hybridized carbons (Fsp3) is 0.412. The van der Waals surface area contributed by atoms with E-state index in [0.717, 1.165) is 47.6 Å². The number of carbonyl (C=O) groups excluding carboxylic acids is 1. The van der Waals surface area contributed by atoms with Gasteiger partial charge in [0.05, 0.1) is 14.2 Å². The van der Waals surface area contributed by atoms with Gasteiger partial charge >= 0.3 is 0 Å². The second-order valence-corrected chi connectivity index (χ2v) is 5.57. The summed E-state index contributed by atoms with van der Waals surface area (Å²) in [4.78, 5) is 12.3. The highest BCUT2D eigenvalue weighted by atomic mass is 16.5. The third-order valence-corrected chi connectivity index (χ3v) is 4.19. The van der Waals surface area contributed by atoms with E-state index in [1.165, 1.54) is 0 Å². The van der Waals surface area contributed by atoms with Crippen LogP contribution in [-0.4, -0.2) is 36.9 Å². The highest BCUT2D eigenvalue weighted by Crippen LogP contribution is 2.24. The Morgan fingerprint density at radius 3 is 2.96 bits per heavy atom. The Labute approximate surface area is 135 Å². The van der Waals surface area contributed by atoms with Gasteiger partial charge in [0.2, 0.25) is 0 Å². The van der Waals surface area contributed by atoms with Crippen molar-refractivity contribution in [3.05, 3.63) is 40.7 Å². The molecule has 1 aromatic carbocycles. The zero-order chi connectivity index (χ0) is 16.2. The lowest BCUT2D eigenvalue weighted by Gasteiger charge is -2.11. The number of amides is 1. The molecule has 6 heteroatoms. The Morgan fingerprint density at radius 1 is 1.30 bits per heavy atom. The lowest BCUT2D eigenvalue weighted by atomic mass is 10.1. The summed E-state index contributed by atoms with van der Waals surface area (Å²) in [7, 11) is 3.27. The summed E-state index contributed by atoms with van der Waals surface area (Å²) in [6.45, 7) is 0.518. The van der Waals surface area contributed by atoms with Crippen LogP contribution in [0.4, 0.5) is 0 Å². The summed E-state index contributed by atoms with van der Waals surface area (Å²) in [6.07, 6.45) is 3.67. The van der Waals surface area contributed by atoms with Gasteiger partial charge < -0.3 is 14.8 Å². The maximum atomic E-state index is 12.3. The standard InChI is InChI=1S/C17H21N3O3/c1-22-12-6-7-15(23-2)11(10-12)8-9-18-17(21)16-13-4-3-5-14(13)19-20-16/h6-7,10H,3-5,8-9H2,1-2H3,(H,18,21)(H,19,20). The van der Waals surface area contributed by atoms with E-state index in [9.17, 15) is 4.79 Å². The predicted molar refractivity (Wildman–Crippen MR) is 86.2 cm³/mol. The van der Waals surface area contributed by atoms with E-state index in [2.05, 4.69) is 15.5 Å². The van der Waals surface area contributed by atoms with E-state index in [0.29, 0.717) is 18.7 Å². The fourth-order valence-corrected chi connectivity index (χ4v) is 2.98. The van der Waals surface area contributed by atoms with E-state index < -0.39 is 0 Å². The number of hydrogen-bond donors (Lipinski definition) is 2. The summed E-state index contributed by atoms with van der Waals surface area (Å²) in [5, 5.41) is 10.0. The Balaban J connectivity index is 1.62. The van der Waals surface area contributed by atoms with Crippen LogP contribution < -0.4 is 14.8 Å². The number of aromatic amines is 1. The van der Waals surface area contributed by atoms with Crippen LogP contribution in [0, 0.1) is 0 Å². The van der Waals surface area contributed by atoms with Crippen molar-refractivity contribution in [1.82, 2.24) is 15.5 Å². The zero-order valence-corrected chi connectivity index (χ0v) is 13.4. The number of benzene rings is 1. The lowest BCUT2D eigenvalue weighted by Crippen LogP contribution is -2.27. The van der Waals surface area contributed by atoms with Gasteiger partial charge in [-0.1, -0.05) is 0 Å². The summed E-state index contributed by atoms with van der Waals surface area (Å²) in [5.74, 6) is 1.45. The molecule has 2 aromatic rings. The molecule has 1 amide bonds. The average Bonchev–Trinajstić information content (AvgIpc) is 3.17. The minimum Gasteiger partial charge on any atom is -0.497 e. The molecule has 0 saturated heterocycles. The van der Waals surface area contributed by atoms with Crippen molar-refractivity contribution >= 4 is 5.91 Å². The molecule has 2 N–H and O–H groups in total. The highest BCUT2D eigenvalue weighted by Gasteiger charge is 2.22. The van der Waals surface area contributed by atoms with Crippen molar-refractivity contribution in [3.8, 4) is 11.5 Å². The van der Waals surface area contributed by atoms with Crippen LogP contribution in [-0.2, 0) is 19.3 Å². The number of hydrogen-bond acceptors (Lipinski definition) is 4. The molecule has 1 aliphatic carbocycles. The van der Waals surface area contributed by atoms with Crippen LogP contribution in [0.2, 0.25) is 0 Å². The van der Waals surface area contributed by atoms with E-state index in [1.54, 1.807) is 14.2 Å². The molecule has 122 valence electrons. The van der Waals surface area contributed by atoms with Gasteiger partial charge in [-0.25, -0.2) is 0 Å². The number of aryl methyl sites for hydroxylation is 1. The van der Waals surface area contributed by atoms with Crippen LogP contribution in [0.15, 0.2) is 18.2 Å². The van der Waals surface area contributed by atoms with Crippen molar-refractivity contribution in [2.75, 3.05) is 20.8 Å². The summed E-state index contributed by atoms with van der Waals surface area (Å²) >= 11 is 0. The van der Waals surface area contributed by atoms with Crippen LogP contribution in [0.5, 0.6) is 11.5 Å².